The van der Waals surface area contributed by atoms with Crippen molar-refractivity contribution in [1.29, 1.82) is 0 Å². The monoisotopic (exact) mass is 509 g/mol. The Bertz CT molecular complexity index is 1230. The van der Waals surface area contributed by atoms with Crippen molar-refractivity contribution >= 4 is 39.3 Å². The number of benzene rings is 2. The predicted molar refractivity (Wildman–Crippen MR) is 129 cm³/mol. The number of rotatable bonds is 7. The van der Waals surface area contributed by atoms with E-state index in [1.165, 1.54) is 11.8 Å². The summed E-state index contributed by atoms with van der Waals surface area (Å²) in [5.74, 6) is 1.31. The predicted octanol–water partition coefficient (Wildman–Crippen LogP) is 5.14. The quantitative estimate of drug-likeness (QED) is 0.347. The van der Waals surface area contributed by atoms with Crippen molar-refractivity contribution in [3.63, 3.8) is 0 Å². The molecule has 0 aliphatic rings. The zero-order valence-corrected chi connectivity index (χ0v) is 19.9. The van der Waals surface area contributed by atoms with Crippen LogP contribution in [0.4, 0.5) is 5.69 Å². The van der Waals surface area contributed by atoms with Gasteiger partial charge in [0.05, 0.1) is 18.6 Å². The first-order valence-electron chi connectivity index (χ1n) is 9.74. The molecule has 2 heterocycles. The first-order chi connectivity index (χ1) is 15.5. The molecule has 4 rings (SSSR count). The van der Waals surface area contributed by atoms with Crippen LogP contribution in [0.5, 0.6) is 5.75 Å². The molecule has 0 radical (unpaired) electrons. The summed E-state index contributed by atoms with van der Waals surface area (Å²) in [6.45, 7) is 1.96. The summed E-state index contributed by atoms with van der Waals surface area (Å²) in [5, 5.41) is 12.3. The van der Waals surface area contributed by atoms with Crippen molar-refractivity contribution in [2.45, 2.75) is 12.1 Å². The van der Waals surface area contributed by atoms with E-state index in [0.29, 0.717) is 22.4 Å². The minimum atomic E-state index is -0.158. The molecule has 4 aromatic rings. The standard InChI is InChI=1S/C23H20BrN5O2S/c1-15-3-8-20(31-2)19(13-15)26-21(30)14-32-23-28-27-22(16-9-11-25-12-10-16)29(23)18-6-4-17(24)5-7-18/h3-13H,14H2,1-2H3,(H,26,30). The molecule has 32 heavy (non-hydrogen) atoms. The average Bonchev–Trinajstić information content (AvgIpc) is 3.23. The fourth-order valence-electron chi connectivity index (χ4n) is 3.11. The number of hydrogen-bond acceptors (Lipinski definition) is 6. The molecular weight excluding hydrogens is 490 g/mol. The Morgan fingerprint density at radius 2 is 1.84 bits per heavy atom. The molecule has 2 aromatic carbocycles. The first kappa shape index (κ1) is 22.0. The number of hydrogen-bond donors (Lipinski definition) is 1. The molecule has 0 saturated carbocycles. The number of carbonyl (C=O) groups is 1. The molecule has 0 saturated heterocycles. The molecule has 7 nitrogen and oxygen atoms in total. The van der Waals surface area contributed by atoms with Crippen LogP contribution in [-0.4, -0.2) is 38.5 Å². The number of thioether (sulfide) groups is 1. The highest BCUT2D eigenvalue weighted by atomic mass is 79.9. The zero-order chi connectivity index (χ0) is 22.5. The molecule has 0 fully saturated rings. The third kappa shape index (κ3) is 5.00. The van der Waals surface area contributed by atoms with Crippen LogP contribution < -0.4 is 10.1 Å². The van der Waals surface area contributed by atoms with Crippen LogP contribution in [0.1, 0.15) is 5.56 Å². The van der Waals surface area contributed by atoms with Crippen LogP contribution in [0.25, 0.3) is 17.1 Å². The van der Waals surface area contributed by atoms with Crippen LogP contribution in [0.15, 0.2) is 76.6 Å². The van der Waals surface area contributed by atoms with Gasteiger partial charge >= 0.3 is 0 Å². The third-order valence-corrected chi connectivity index (χ3v) is 6.08. The third-order valence-electron chi connectivity index (χ3n) is 4.62. The van der Waals surface area contributed by atoms with E-state index in [1.807, 2.05) is 66.1 Å². The van der Waals surface area contributed by atoms with Gasteiger partial charge in [-0.2, -0.15) is 0 Å². The maximum atomic E-state index is 12.7. The molecule has 1 amide bonds. The van der Waals surface area contributed by atoms with Gasteiger partial charge in [0.15, 0.2) is 11.0 Å². The Kier molecular flexibility index (Phi) is 6.87. The highest BCUT2D eigenvalue weighted by Crippen LogP contribution is 2.29. The summed E-state index contributed by atoms with van der Waals surface area (Å²) in [6.07, 6.45) is 3.43. The second-order valence-electron chi connectivity index (χ2n) is 6.89. The van der Waals surface area contributed by atoms with Crippen molar-refractivity contribution in [2.24, 2.45) is 0 Å². The van der Waals surface area contributed by atoms with Gasteiger partial charge in [0, 0.05) is 28.1 Å². The van der Waals surface area contributed by atoms with Crippen molar-refractivity contribution in [3.8, 4) is 22.8 Å². The number of halogens is 1. The smallest absolute Gasteiger partial charge is 0.234 e. The fourth-order valence-corrected chi connectivity index (χ4v) is 4.13. The lowest BCUT2D eigenvalue weighted by Crippen LogP contribution is -2.15. The number of aromatic nitrogens is 4. The first-order valence-corrected chi connectivity index (χ1v) is 11.5. The SMILES string of the molecule is COc1ccc(C)cc1NC(=O)CSc1nnc(-c2ccncc2)n1-c1ccc(Br)cc1. The summed E-state index contributed by atoms with van der Waals surface area (Å²) in [4.78, 5) is 16.8. The molecule has 0 spiro atoms. The number of carbonyl (C=O) groups excluding carboxylic acids is 1. The van der Waals surface area contributed by atoms with Crippen LogP contribution >= 0.6 is 27.7 Å². The van der Waals surface area contributed by atoms with E-state index < -0.39 is 0 Å². The van der Waals surface area contributed by atoms with E-state index in [9.17, 15) is 4.79 Å². The van der Waals surface area contributed by atoms with E-state index in [1.54, 1.807) is 19.5 Å². The lowest BCUT2D eigenvalue weighted by Gasteiger charge is -2.12. The molecule has 0 aliphatic carbocycles. The number of aryl methyl sites for hydroxylation is 1. The normalized spacial score (nSPS) is 10.7. The molecule has 1 N–H and O–H groups in total. The van der Waals surface area contributed by atoms with Gasteiger partial charge in [0.2, 0.25) is 5.91 Å². The number of amides is 1. The van der Waals surface area contributed by atoms with Crippen molar-refractivity contribution in [3.05, 3.63) is 77.0 Å². The number of nitrogens with zero attached hydrogens (tertiary/aromatic N) is 4. The molecule has 2 aromatic heterocycles. The molecule has 9 heteroatoms. The van der Waals surface area contributed by atoms with Gasteiger partial charge in [-0.15, -0.1) is 10.2 Å². The number of nitrogens with one attached hydrogen (secondary N) is 1. The van der Waals surface area contributed by atoms with Gasteiger partial charge in [-0.1, -0.05) is 33.8 Å². The molecule has 0 unspecified atom stereocenters. The second kappa shape index (κ2) is 9.97. The van der Waals surface area contributed by atoms with Crippen molar-refractivity contribution in [1.82, 2.24) is 19.7 Å². The van der Waals surface area contributed by atoms with Gasteiger partial charge < -0.3 is 10.1 Å². The maximum Gasteiger partial charge on any atom is 0.234 e. The zero-order valence-electron chi connectivity index (χ0n) is 17.4. The number of methoxy groups -OCH3 is 1. The summed E-state index contributed by atoms with van der Waals surface area (Å²) in [5.41, 5.74) is 3.46. The highest BCUT2D eigenvalue weighted by molar-refractivity contribution is 9.10. The molecule has 162 valence electrons. The van der Waals surface area contributed by atoms with Gasteiger partial charge in [-0.25, -0.2) is 0 Å². The maximum absolute atomic E-state index is 12.7. The summed E-state index contributed by atoms with van der Waals surface area (Å²) in [7, 11) is 1.58. The van der Waals surface area contributed by atoms with E-state index in [0.717, 1.165) is 21.3 Å². The van der Waals surface area contributed by atoms with Crippen molar-refractivity contribution in [2.75, 3.05) is 18.2 Å². The largest absolute Gasteiger partial charge is 0.495 e. The summed E-state index contributed by atoms with van der Waals surface area (Å²) < 4.78 is 8.26. The topological polar surface area (TPSA) is 81.9 Å². The van der Waals surface area contributed by atoms with Gasteiger partial charge in [-0.05, 0) is 61.0 Å². The Morgan fingerprint density at radius 3 is 2.56 bits per heavy atom. The minimum absolute atomic E-state index is 0.158. The lowest BCUT2D eigenvalue weighted by atomic mass is 10.2. The Labute approximate surface area is 198 Å². The molecule has 0 aliphatic heterocycles. The van der Waals surface area contributed by atoms with E-state index in [2.05, 4.69) is 36.4 Å². The van der Waals surface area contributed by atoms with Crippen LogP contribution in [-0.2, 0) is 4.79 Å². The Morgan fingerprint density at radius 1 is 1.09 bits per heavy atom. The van der Waals surface area contributed by atoms with E-state index in [4.69, 9.17) is 4.74 Å². The molecule has 0 bridgehead atoms. The summed E-state index contributed by atoms with van der Waals surface area (Å²) >= 11 is 4.79. The average molecular weight is 510 g/mol. The second-order valence-corrected chi connectivity index (χ2v) is 8.75. The van der Waals surface area contributed by atoms with Gasteiger partial charge in [0.1, 0.15) is 5.75 Å². The van der Waals surface area contributed by atoms with Crippen molar-refractivity contribution < 1.29 is 9.53 Å². The van der Waals surface area contributed by atoms with Crippen LogP contribution in [0.2, 0.25) is 0 Å². The van der Waals surface area contributed by atoms with E-state index >= 15 is 0 Å². The fraction of sp³-hybridized carbons (Fsp3) is 0.130. The minimum Gasteiger partial charge on any atom is -0.495 e. The van der Waals surface area contributed by atoms with Crippen LogP contribution in [0, 0.1) is 6.92 Å². The highest BCUT2D eigenvalue weighted by Gasteiger charge is 2.18. The number of anilines is 1. The number of ether oxygens (including phenoxy) is 1. The summed E-state index contributed by atoms with van der Waals surface area (Å²) in [6, 6.07) is 17.3. The Hall–Kier alpha value is -3.17. The van der Waals surface area contributed by atoms with Crippen LogP contribution in [0.3, 0.4) is 0 Å². The molecular formula is C23H20BrN5O2S. The number of pyridine rings is 1. The van der Waals surface area contributed by atoms with Gasteiger partial charge in [0.25, 0.3) is 0 Å². The lowest BCUT2D eigenvalue weighted by molar-refractivity contribution is -0.113. The van der Waals surface area contributed by atoms with E-state index in [-0.39, 0.29) is 11.7 Å². The van der Waals surface area contributed by atoms with Gasteiger partial charge in [-0.3, -0.25) is 14.3 Å². The molecule has 0 atom stereocenters. The Balaban J connectivity index is 1.59.